The number of ether oxygens (including phenoxy) is 2. The van der Waals surface area contributed by atoms with E-state index in [0.29, 0.717) is 40.6 Å². The number of allylic oxidation sites excluding steroid dienone is 2. The number of methoxy groups -OCH3 is 2. The molecule has 0 fully saturated rings. The lowest BCUT2D eigenvalue weighted by Crippen LogP contribution is -2.43. The van der Waals surface area contributed by atoms with Crippen molar-refractivity contribution in [3.63, 3.8) is 0 Å². The van der Waals surface area contributed by atoms with Gasteiger partial charge in [-0.15, -0.1) is 0 Å². The van der Waals surface area contributed by atoms with Gasteiger partial charge < -0.3 is 9.47 Å². The Morgan fingerprint density at radius 2 is 1.77 bits per heavy atom. The van der Waals surface area contributed by atoms with Gasteiger partial charge in [0.25, 0.3) is 0 Å². The zero-order valence-corrected chi connectivity index (χ0v) is 19.0. The number of carbonyl (C=O) groups excluding carboxylic acids is 2. The maximum atomic E-state index is 13.5. The van der Waals surface area contributed by atoms with E-state index in [1.54, 1.807) is 31.3 Å². The SMILES string of the molecule is COc1ccc(C2CC(=O)N(c3ccccc3Cl)C3=C2C(=O)CC(C)(C)C3)c(OC)c1. The van der Waals surface area contributed by atoms with Crippen LogP contribution in [0.1, 0.15) is 44.6 Å². The summed E-state index contributed by atoms with van der Waals surface area (Å²) in [5.74, 6) is 0.878. The second kappa shape index (κ2) is 8.04. The van der Waals surface area contributed by atoms with Crippen LogP contribution >= 0.6 is 11.6 Å². The van der Waals surface area contributed by atoms with Crippen molar-refractivity contribution in [2.45, 2.75) is 39.0 Å². The molecule has 0 spiro atoms. The van der Waals surface area contributed by atoms with Gasteiger partial charge >= 0.3 is 0 Å². The van der Waals surface area contributed by atoms with Crippen LogP contribution in [0.25, 0.3) is 0 Å². The van der Waals surface area contributed by atoms with E-state index in [4.69, 9.17) is 21.1 Å². The number of rotatable bonds is 4. The van der Waals surface area contributed by atoms with Crippen molar-refractivity contribution in [1.82, 2.24) is 0 Å². The number of Topliss-reactive ketones (excluding diaryl/α,β-unsaturated/α-hetero) is 1. The topological polar surface area (TPSA) is 55.8 Å². The van der Waals surface area contributed by atoms with Gasteiger partial charge in [-0.3, -0.25) is 14.5 Å². The fraction of sp³-hybridized carbons (Fsp3) is 0.360. The van der Waals surface area contributed by atoms with Crippen LogP contribution in [0.2, 0.25) is 5.02 Å². The van der Waals surface area contributed by atoms with Gasteiger partial charge in [0.1, 0.15) is 11.5 Å². The van der Waals surface area contributed by atoms with Crippen molar-refractivity contribution in [2.24, 2.45) is 5.41 Å². The third-order valence-corrected chi connectivity index (χ3v) is 6.37. The molecule has 1 atom stereocenters. The molecule has 2 aromatic rings. The van der Waals surface area contributed by atoms with Crippen molar-refractivity contribution in [2.75, 3.05) is 19.1 Å². The van der Waals surface area contributed by atoms with Crippen LogP contribution < -0.4 is 14.4 Å². The van der Waals surface area contributed by atoms with Gasteiger partial charge in [-0.25, -0.2) is 0 Å². The highest BCUT2D eigenvalue weighted by atomic mass is 35.5. The molecule has 1 amide bonds. The van der Waals surface area contributed by atoms with Crippen LogP contribution in [-0.2, 0) is 9.59 Å². The lowest BCUT2D eigenvalue weighted by atomic mass is 9.69. The monoisotopic (exact) mass is 439 g/mol. The summed E-state index contributed by atoms with van der Waals surface area (Å²) in [6, 6.07) is 12.8. The summed E-state index contributed by atoms with van der Waals surface area (Å²) in [4.78, 5) is 28.6. The van der Waals surface area contributed by atoms with Crippen molar-refractivity contribution in [3.05, 3.63) is 64.3 Å². The lowest BCUT2D eigenvalue weighted by Gasteiger charge is -2.43. The minimum absolute atomic E-state index is 0.0682. The number of hydrogen-bond donors (Lipinski definition) is 0. The Kier molecular flexibility index (Phi) is 5.56. The highest BCUT2D eigenvalue weighted by Crippen LogP contribution is 2.50. The van der Waals surface area contributed by atoms with Gasteiger partial charge in [0.2, 0.25) is 5.91 Å². The molecule has 0 saturated heterocycles. The Hall–Kier alpha value is -2.79. The highest BCUT2D eigenvalue weighted by Gasteiger charge is 2.45. The fourth-order valence-corrected chi connectivity index (χ4v) is 4.92. The smallest absolute Gasteiger partial charge is 0.232 e. The van der Waals surface area contributed by atoms with Crippen molar-refractivity contribution >= 4 is 29.0 Å². The molecular formula is C25H26ClNO4. The molecule has 6 heteroatoms. The Bertz CT molecular complexity index is 1090. The van der Waals surface area contributed by atoms with Crippen molar-refractivity contribution in [1.29, 1.82) is 0 Å². The van der Waals surface area contributed by atoms with Crippen molar-refractivity contribution in [3.8, 4) is 11.5 Å². The molecule has 2 aromatic carbocycles. The summed E-state index contributed by atoms with van der Waals surface area (Å²) in [6.07, 6.45) is 1.21. The molecule has 1 aliphatic carbocycles. The Labute approximate surface area is 187 Å². The number of benzene rings is 2. The molecular weight excluding hydrogens is 414 g/mol. The fourth-order valence-electron chi connectivity index (χ4n) is 4.70. The average Bonchev–Trinajstić information content (AvgIpc) is 2.72. The average molecular weight is 440 g/mol. The van der Waals surface area contributed by atoms with Crippen LogP contribution in [0.3, 0.4) is 0 Å². The van der Waals surface area contributed by atoms with E-state index in [0.717, 1.165) is 11.3 Å². The summed E-state index contributed by atoms with van der Waals surface area (Å²) in [7, 11) is 3.17. The minimum Gasteiger partial charge on any atom is -0.497 e. The number of amides is 1. The number of anilines is 1. The number of carbonyl (C=O) groups is 2. The first kappa shape index (κ1) is 21.4. The van der Waals surface area contributed by atoms with Gasteiger partial charge in [0, 0.05) is 41.7 Å². The molecule has 0 aromatic heterocycles. The zero-order chi connectivity index (χ0) is 22.3. The van der Waals surface area contributed by atoms with E-state index in [9.17, 15) is 9.59 Å². The van der Waals surface area contributed by atoms with E-state index in [1.807, 2.05) is 30.3 Å². The Morgan fingerprint density at radius 1 is 1.03 bits per heavy atom. The number of halogens is 1. The van der Waals surface area contributed by atoms with Crippen LogP contribution in [0.5, 0.6) is 11.5 Å². The summed E-state index contributed by atoms with van der Waals surface area (Å²) in [5.41, 5.74) is 2.61. The van der Waals surface area contributed by atoms with E-state index < -0.39 is 0 Å². The molecule has 2 aliphatic rings. The maximum Gasteiger partial charge on any atom is 0.232 e. The second-order valence-electron chi connectivity index (χ2n) is 8.85. The molecule has 5 nitrogen and oxygen atoms in total. The first-order chi connectivity index (χ1) is 14.8. The number of para-hydroxylation sites is 1. The van der Waals surface area contributed by atoms with Crippen molar-refractivity contribution < 1.29 is 19.1 Å². The van der Waals surface area contributed by atoms with Gasteiger partial charge in [0.15, 0.2) is 5.78 Å². The van der Waals surface area contributed by atoms with Gasteiger partial charge in [-0.2, -0.15) is 0 Å². The number of hydrogen-bond acceptors (Lipinski definition) is 4. The summed E-state index contributed by atoms with van der Waals surface area (Å²) in [6.45, 7) is 4.11. The van der Waals surface area contributed by atoms with Crippen LogP contribution in [0.15, 0.2) is 53.7 Å². The van der Waals surface area contributed by atoms with Crippen LogP contribution in [0, 0.1) is 5.41 Å². The normalized spacial score (nSPS) is 20.5. The zero-order valence-electron chi connectivity index (χ0n) is 18.2. The quantitative estimate of drug-likeness (QED) is 0.629. The highest BCUT2D eigenvalue weighted by molar-refractivity contribution is 6.34. The largest absolute Gasteiger partial charge is 0.497 e. The molecule has 1 heterocycles. The van der Waals surface area contributed by atoms with Crippen LogP contribution in [-0.4, -0.2) is 25.9 Å². The predicted molar refractivity (Wildman–Crippen MR) is 121 cm³/mol. The van der Waals surface area contributed by atoms with E-state index in [2.05, 4.69) is 13.8 Å². The van der Waals surface area contributed by atoms with Gasteiger partial charge in [0.05, 0.1) is 24.9 Å². The summed E-state index contributed by atoms with van der Waals surface area (Å²) < 4.78 is 10.9. The second-order valence-corrected chi connectivity index (χ2v) is 9.25. The van der Waals surface area contributed by atoms with Gasteiger partial charge in [-0.1, -0.05) is 43.6 Å². The van der Waals surface area contributed by atoms with E-state index >= 15 is 0 Å². The lowest BCUT2D eigenvalue weighted by molar-refractivity contribution is -0.121. The minimum atomic E-state index is -0.370. The Balaban J connectivity index is 1.93. The standard InChI is InChI=1S/C25H26ClNO4/c1-25(2)13-20-24(21(28)14-25)17(16-10-9-15(30-3)11-22(16)31-4)12-23(29)27(20)19-8-6-5-7-18(19)26/h5-11,17H,12-14H2,1-4H3. The molecule has 0 saturated carbocycles. The third-order valence-electron chi connectivity index (χ3n) is 6.05. The third kappa shape index (κ3) is 3.83. The molecule has 31 heavy (non-hydrogen) atoms. The van der Waals surface area contributed by atoms with Gasteiger partial charge in [-0.05, 0) is 30.0 Å². The first-order valence-corrected chi connectivity index (χ1v) is 10.7. The molecule has 0 N–H and O–H groups in total. The molecule has 0 radical (unpaired) electrons. The van der Waals surface area contributed by atoms with E-state index in [1.165, 1.54) is 0 Å². The number of ketones is 1. The Morgan fingerprint density at radius 3 is 2.45 bits per heavy atom. The predicted octanol–water partition coefficient (Wildman–Crippen LogP) is 5.52. The summed E-state index contributed by atoms with van der Waals surface area (Å²) in [5, 5.41) is 0.485. The molecule has 162 valence electrons. The molecule has 4 rings (SSSR count). The van der Waals surface area contributed by atoms with E-state index in [-0.39, 0.29) is 29.4 Å². The van der Waals surface area contributed by atoms with Crippen LogP contribution in [0.4, 0.5) is 5.69 Å². The molecule has 1 unspecified atom stereocenters. The maximum absolute atomic E-state index is 13.5. The first-order valence-electron chi connectivity index (χ1n) is 10.3. The summed E-state index contributed by atoms with van der Waals surface area (Å²) >= 11 is 6.46. The number of nitrogens with zero attached hydrogens (tertiary/aromatic N) is 1. The molecule has 0 bridgehead atoms. The molecule has 1 aliphatic heterocycles.